The highest BCUT2D eigenvalue weighted by Crippen LogP contribution is 2.26. The second kappa shape index (κ2) is 8.48. The normalized spacial score (nSPS) is 16.0. The summed E-state index contributed by atoms with van der Waals surface area (Å²) >= 11 is 0. The first-order valence-electron chi connectivity index (χ1n) is 9.61. The number of fused-ring (bicyclic) bond motifs is 1. The SMILES string of the molecule is COc1ccc2[nH]cc(CC3=CCCN(CC(F)Oc4ccccc4)C3)c2c1. The first kappa shape index (κ1) is 18.6. The second-order valence-electron chi connectivity index (χ2n) is 7.13. The van der Waals surface area contributed by atoms with Crippen LogP contribution in [0.15, 0.2) is 66.4 Å². The third-order valence-corrected chi connectivity index (χ3v) is 5.11. The van der Waals surface area contributed by atoms with Gasteiger partial charge in [0.15, 0.2) is 0 Å². The van der Waals surface area contributed by atoms with E-state index in [1.807, 2.05) is 30.3 Å². The molecule has 1 aliphatic rings. The van der Waals surface area contributed by atoms with E-state index < -0.39 is 6.36 Å². The van der Waals surface area contributed by atoms with E-state index in [-0.39, 0.29) is 6.54 Å². The summed E-state index contributed by atoms with van der Waals surface area (Å²) in [6.07, 6.45) is 4.78. The summed E-state index contributed by atoms with van der Waals surface area (Å²) < 4.78 is 25.1. The number of nitrogens with one attached hydrogen (secondary N) is 1. The predicted molar refractivity (Wildman–Crippen MR) is 110 cm³/mol. The summed E-state index contributed by atoms with van der Waals surface area (Å²) in [4.78, 5) is 5.45. The molecule has 5 heteroatoms. The molecule has 3 aromatic rings. The quantitative estimate of drug-likeness (QED) is 0.603. The van der Waals surface area contributed by atoms with E-state index in [0.717, 1.165) is 37.2 Å². The Morgan fingerprint density at radius 3 is 2.82 bits per heavy atom. The Labute approximate surface area is 164 Å². The van der Waals surface area contributed by atoms with Crippen molar-refractivity contribution >= 4 is 10.9 Å². The number of benzene rings is 2. The molecular formula is C23H25FN2O2. The molecule has 4 nitrogen and oxygen atoms in total. The van der Waals surface area contributed by atoms with E-state index in [1.165, 1.54) is 16.5 Å². The van der Waals surface area contributed by atoms with Gasteiger partial charge in [0.1, 0.15) is 11.5 Å². The molecule has 0 radical (unpaired) electrons. The maximum Gasteiger partial charge on any atom is 0.251 e. The van der Waals surface area contributed by atoms with Crippen LogP contribution in [-0.2, 0) is 6.42 Å². The second-order valence-corrected chi connectivity index (χ2v) is 7.13. The highest BCUT2D eigenvalue weighted by atomic mass is 19.1. The van der Waals surface area contributed by atoms with Crippen molar-refractivity contribution in [1.82, 2.24) is 9.88 Å². The fourth-order valence-electron chi connectivity index (χ4n) is 3.73. The third-order valence-electron chi connectivity index (χ3n) is 5.11. The maximum absolute atomic E-state index is 14.4. The van der Waals surface area contributed by atoms with Gasteiger partial charge in [-0.15, -0.1) is 0 Å². The Bertz CT molecular complexity index is 952. The Hall–Kier alpha value is -2.79. The van der Waals surface area contributed by atoms with E-state index in [1.54, 1.807) is 19.2 Å². The molecule has 1 aliphatic heterocycles. The van der Waals surface area contributed by atoms with Gasteiger partial charge in [-0.25, -0.2) is 4.39 Å². The number of alkyl halides is 1. The number of halogens is 1. The van der Waals surface area contributed by atoms with Crippen LogP contribution in [0.3, 0.4) is 0 Å². The summed E-state index contributed by atoms with van der Waals surface area (Å²) in [7, 11) is 1.68. The Morgan fingerprint density at radius 2 is 2.00 bits per heavy atom. The van der Waals surface area contributed by atoms with Crippen LogP contribution in [0, 0.1) is 0 Å². The van der Waals surface area contributed by atoms with Crippen molar-refractivity contribution in [3.05, 3.63) is 71.9 Å². The Kier molecular flexibility index (Phi) is 5.63. The molecule has 0 amide bonds. The molecule has 4 rings (SSSR count). The summed E-state index contributed by atoms with van der Waals surface area (Å²) in [6, 6.07) is 15.2. The monoisotopic (exact) mass is 380 g/mol. The van der Waals surface area contributed by atoms with E-state index >= 15 is 0 Å². The predicted octanol–water partition coefficient (Wildman–Crippen LogP) is 4.73. The van der Waals surface area contributed by atoms with Gasteiger partial charge in [0.05, 0.1) is 13.7 Å². The average Bonchev–Trinajstić information content (AvgIpc) is 3.11. The van der Waals surface area contributed by atoms with Crippen molar-refractivity contribution in [3.63, 3.8) is 0 Å². The number of aromatic amines is 1. The zero-order valence-corrected chi connectivity index (χ0v) is 16.0. The zero-order chi connectivity index (χ0) is 19.3. The molecular weight excluding hydrogens is 355 g/mol. The van der Waals surface area contributed by atoms with Gasteiger partial charge in [0.2, 0.25) is 0 Å². The van der Waals surface area contributed by atoms with Gasteiger partial charge in [-0.2, -0.15) is 0 Å². The van der Waals surface area contributed by atoms with E-state index in [9.17, 15) is 4.39 Å². The summed E-state index contributed by atoms with van der Waals surface area (Å²) in [5, 5.41) is 1.17. The van der Waals surface area contributed by atoms with Crippen LogP contribution in [0.2, 0.25) is 0 Å². The third kappa shape index (κ3) is 4.37. The van der Waals surface area contributed by atoms with Crippen molar-refractivity contribution in [2.45, 2.75) is 19.2 Å². The van der Waals surface area contributed by atoms with Crippen molar-refractivity contribution in [2.75, 3.05) is 26.7 Å². The number of nitrogens with zero attached hydrogens (tertiary/aromatic N) is 1. The van der Waals surface area contributed by atoms with Crippen LogP contribution in [0.4, 0.5) is 4.39 Å². The fraction of sp³-hybridized carbons (Fsp3) is 0.304. The molecule has 0 aliphatic carbocycles. The molecule has 0 saturated heterocycles. The lowest BCUT2D eigenvalue weighted by atomic mass is 10.0. The number of para-hydroxylation sites is 1. The summed E-state index contributed by atoms with van der Waals surface area (Å²) in [5.41, 5.74) is 3.64. The molecule has 0 fully saturated rings. The minimum Gasteiger partial charge on any atom is -0.497 e. The first-order valence-corrected chi connectivity index (χ1v) is 9.61. The first-order chi connectivity index (χ1) is 13.7. The minimum atomic E-state index is -1.33. The van der Waals surface area contributed by atoms with Gasteiger partial charge in [0, 0.05) is 30.2 Å². The molecule has 2 heterocycles. The number of ether oxygens (including phenoxy) is 2. The Morgan fingerprint density at radius 1 is 1.14 bits per heavy atom. The molecule has 1 N–H and O–H groups in total. The van der Waals surface area contributed by atoms with Crippen molar-refractivity contribution in [2.24, 2.45) is 0 Å². The van der Waals surface area contributed by atoms with Crippen molar-refractivity contribution < 1.29 is 13.9 Å². The maximum atomic E-state index is 14.4. The lowest BCUT2D eigenvalue weighted by molar-refractivity contribution is 0.0315. The number of H-pyrrole nitrogens is 1. The van der Waals surface area contributed by atoms with E-state index in [4.69, 9.17) is 9.47 Å². The lowest BCUT2D eigenvalue weighted by Gasteiger charge is -2.28. The van der Waals surface area contributed by atoms with E-state index in [2.05, 4.69) is 28.2 Å². The fourth-order valence-corrected chi connectivity index (χ4v) is 3.73. The molecule has 1 unspecified atom stereocenters. The molecule has 1 atom stereocenters. The standard InChI is InChI=1S/C23H25FN2O2/c1-27-20-9-10-22-21(13-20)18(14-25-22)12-17-6-5-11-26(15-17)16-23(24)28-19-7-3-2-4-8-19/h2-4,6-10,13-14,23,25H,5,11-12,15-16H2,1H3. The topological polar surface area (TPSA) is 37.5 Å². The van der Waals surface area contributed by atoms with Crippen LogP contribution in [0.1, 0.15) is 12.0 Å². The largest absolute Gasteiger partial charge is 0.497 e. The Balaban J connectivity index is 1.38. The van der Waals surface area contributed by atoms with Crippen LogP contribution < -0.4 is 9.47 Å². The lowest BCUT2D eigenvalue weighted by Crippen LogP contribution is -2.37. The number of aromatic nitrogens is 1. The molecule has 2 aromatic carbocycles. The number of hydrogen-bond acceptors (Lipinski definition) is 3. The van der Waals surface area contributed by atoms with E-state index in [0.29, 0.717) is 5.75 Å². The van der Waals surface area contributed by atoms with Crippen LogP contribution in [0.25, 0.3) is 10.9 Å². The van der Waals surface area contributed by atoms with Gasteiger partial charge < -0.3 is 14.5 Å². The number of methoxy groups -OCH3 is 1. The van der Waals surface area contributed by atoms with Gasteiger partial charge in [0.25, 0.3) is 6.36 Å². The summed E-state index contributed by atoms with van der Waals surface area (Å²) in [6.45, 7) is 1.88. The van der Waals surface area contributed by atoms with Crippen molar-refractivity contribution in [1.29, 1.82) is 0 Å². The zero-order valence-electron chi connectivity index (χ0n) is 16.0. The minimum absolute atomic E-state index is 0.272. The summed E-state index contributed by atoms with van der Waals surface area (Å²) in [5.74, 6) is 1.42. The van der Waals surface area contributed by atoms with Gasteiger partial charge in [-0.3, -0.25) is 4.90 Å². The van der Waals surface area contributed by atoms with Gasteiger partial charge in [-0.05, 0) is 48.7 Å². The molecule has 0 spiro atoms. The number of hydrogen-bond donors (Lipinski definition) is 1. The average molecular weight is 380 g/mol. The molecule has 0 bridgehead atoms. The smallest absolute Gasteiger partial charge is 0.251 e. The van der Waals surface area contributed by atoms with Gasteiger partial charge in [-0.1, -0.05) is 29.8 Å². The van der Waals surface area contributed by atoms with Crippen LogP contribution in [0.5, 0.6) is 11.5 Å². The van der Waals surface area contributed by atoms with Crippen LogP contribution >= 0.6 is 0 Å². The highest BCUT2D eigenvalue weighted by Gasteiger charge is 2.19. The molecule has 1 aromatic heterocycles. The van der Waals surface area contributed by atoms with Crippen molar-refractivity contribution in [3.8, 4) is 11.5 Å². The number of rotatable bonds is 7. The molecule has 146 valence electrons. The molecule has 0 saturated carbocycles. The molecule has 28 heavy (non-hydrogen) atoms. The van der Waals surface area contributed by atoms with Crippen LogP contribution in [-0.4, -0.2) is 43.0 Å². The van der Waals surface area contributed by atoms with Gasteiger partial charge >= 0.3 is 0 Å². The highest BCUT2D eigenvalue weighted by molar-refractivity contribution is 5.84.